The molecular weight excluding hydrogens is 546 g/mol. The van der Waals surface area contributed by atoms with E-state index in [1.807, 2.05) is 24.3 Å². The summed E-state index contributed by atoms with van der Waals surface area (Å²) < 4.78 is 0. The monoisotopic (exact) mass is 609 g/mol. The fourth-order valence-electron chi connectivity index (χ4n) is 6.11. The van der Waals surface area contributed by atoms with E-state index in [2.05, 4.69) is 48.7 Å². The van der Waals surface area contributed by atoms with Crippen LogP contribution in [-0.2, 0) is 11.2 Å². The molecule has 0 heterocycles. The molecular formula is C39H63NO4. The van der Waals surface area contributed by atoms with Crippen molar-refractivity contribution in [1.82, 2.24) is 5.32 Å². The van der Waals surface area contributed by atoms with Gasteiger partial charge in [-0.2, -0.15) is 0 Å². The Kier molecular flexibility index (Phi) is 21.6. The lowest BCUT2D eigenvalue weighted by Gasteiger charge is -2.19. The Hall–Kier alpha value is -2.21. The molecule has 1 aromatic rings. The molecule has 0 aromatic heterocycles. The topological polar surface area (TPSA) is 89.8 Å². The second-order valence-corrected chi connectivity index (χ2v) is 12.8. The van der Waals surface area contributed by atoms with Crippen LogP contribution in [0.2, 0.25) is 0 Å². The molecule has 1 saturated carbocycles. The molecule has 1 aromatic carbocycles. The van der Waals surface area contributed by atoms with E-state index in [0.717, 1.165) is 32.2 Å². The van der Waals surface area contributed by atoms with Gasteiger partial charge in [-0.15, -0.1) is 0 Å². The first-order chi connectivity index (χ1) is 21.5. The van der Waals surface area contributed by atoms with E-state index in [0.29, 0.717) is 25.7 Å². The smallest absolute Gasteiger partial charge is 0.220 e. The summed E-state index contributed by atoms with van der Waals surface area (Å²) in [5.41, 5.74) is 1.19. The Balaban J connectivity index is 1.48. The lowest BCUT2D eigenvalue weighted by molar-refractivity contribution is -0.121. The Bertz CT molecular complexity index is 927. The summed E-state index contributed by atoms with van der Waals surface area (Å²) in [4.78, 5) is 12.2. The van der Waals surface area contributed by atoms with Crippen LogP contribution in [-0.4, -0.2) is 46.1 Å². The molecule has 0 saturated heterocycles. The number of nitrogens with one attached hydrogen (secondary N) is 1. The van der Waals surface area contributed by atoms with Crippen LogP contribution in [0, 0.1) is 11.8 Å². The maximum atomic E-state index is 12.2. The van der Waals surface area contributed by atoms with E-state index in [1.54, 1.807) is 6.08 Å². The molecule has 5 nitrogen and oxygen atoms in total. The van der Waals surface area contributed by atoms with Gasteiger partial charge in [-0.3, -0.25) is 4.79 Å². The van der Waals surface area contributed by atoms with Crippen molar-refractivity contribution in [2.45, 2.75) is 147 Å². The van der Waals surface area contributed by atoms with Gasteiger partial charge in [0.2, 0.25) is 5.91 Å². The van der Waals surface area contributed by atoms with E-state index in [4.69, 9.17) is 0 Å². The fourth-order valence-corrected chi connectivity index (χ4v) is 6.11. The highest BCUT2D eigenvalue weighted by molar-refractivity contribution is 5.75. The molecule has 1 aliphatic carbocycles. The SMILES string of the molecule is CCCCCC/C=C/CCCCCCCCNC(=O)CCC/C=C\C[C@@H]1[C@@H](/C=C/[C@@H](O)CCc2ccccc2)[C@H](O)C[C@@H]1O. The van der Waals surface area contributed by atoms with Gasteiger partial charge in [0, 0.05) is 25.3 Å². The van der Waals surface area contributed by atoms with E-state index in [-0.39, 0.29) is 17.7 Å². The first kappa shape index (κ1) is 38.0. The summed E-state index contributed by atoms with van der Waals surface area (Å²) in [5.74, 6) is -0.104. The second-order valence-electron chi connectivity index (χ2n) is 12.8. The zero-order valence-electron chi connectivity index (χ0n) is 27.6. The minimum atomic E-state index is -0.596. The third kappa shape index (κ3) is 17.9. The van der Waals surface area contributed by atoms with Gasteiger partial charge in [0.1, 0.15) is 0 Å². The number of amides is 1. The van der Waals surface area contributed by atoms with Crippen LogP contribution in [0.3, 0.4) is 0 Å². The van der Waals surface area contributed by atoms with Gasteiger partial charge >= 0.3 is 0 Å². The molecule has 0 aliphatic heterocycles. The molecule has 0 spiro atoms. The van der Waals surface area contributed by atoms with E-state index in [1.165, 1.54) is 76.2 Å². The van der Waals surface area contributed by atoms with Crippen molar-refractivity contribution in [2.75, 3.05) is 6.54 Å². The third-order valence-corrected chi connectivity index (χ3v) is 8.90. The van der Waals surface area contributed by atoms with Crippen LogP contribution in [0.25, 0.3) is 0 Å². The molecule has 2 rings (SSSR count). The highest BCUT2D eigenvalue weighted by atomic mass is 16.3. The third-order valence-electron chi connectivity index (χ3n) is 8.90. The van der Waals surface area contributed by atoms with Gasteiger partial charge in [0.25, 0.3) is 0 Å². The van der Waals surface area contributed by atoms with Crippen molar-refractivity contribution in [2.24, 2.45) is 11.8 Å². The summed E-state index contributed by atoms with van der Waals surface area (Å²) in [5, 5.41) is 34.5. The second kappa shape index (κ2) is 25.0. The predicted octanol–water partition coefficient (Wildman–Crippen LogP) is 8.38. The van der Waals surface area contributed by atoms with Crippen molar-refractivity contribution >= 4 is 5.91 Å². The average molecular weight is 610 g/mol. The number of aryl methyl sites for hydroxylation is 1. The van der Waals surface area contributed by atoms with Crippen LogP contribution in [0.5, 0.6) is 0 Å². The Morgan fingerprint density at radius 2 is 1.48 bits per heavy atom. The van der Waals surface area contributed by atoms with Crippen molar-refractivity contribution in [3.8, 4) is 0 Å². The van der Waals surface area contributed by atoms with Gasteiger partial charge in [-0.1, -0.05) is 119 Å². The molecule has 5 heteroatoms. The van der Waals surface area contributed by atoms with E-state index >= 15 is 0 Å². The number of hydrogen-bond acceptors (Lipinski definition) is 4. The van der Waals surface area contributed by atoms with Crippen molar-refractivity contribution in [3.63, 3.8) is 0 Å². The van der Waals surface area contributed by atoms with Crippen LogP contribution >= 0.6 is 0 Å². The summed E-state index contributed by atoms with van der Waals surface area (Å²) in [6, 6.07) is 10.1. The molecule has 0 bridgehead atoms. The largest absolute Gasteiger partial charge is 0.393 e. The highest BCUT2D eigenvalue weighted by Crippen LogP contribution is 2.36. The van der Waals surface area contributed by atoms with E-state index in [9.17, 15) is 20.1 Å². The highest BCUT2D eigenvalue weighted by Gasteiger charge is 2.39. The molecule has 0 unspecified atom stereocenters. The average Bonchev–Trinajstić information content (AvgIpc) is 3.30. The van der Waals surface area contributed by atoms with Gasteiger partial charge < -0.3 is 20.6 Å². The Labute approximate surface area is 268 Å². The van der Waals surface area contributed by atoms with Crippen molar-refractivity contribution < 1.29 is 20.1 Å². The van der Waals surface area contributed by atoms with Gasteiger partial charge in [-0.25, -0.2) is 0 Å². The number of hydrogen-bond donors (Lipinski definition) is 4. The number of benzene rings is 1. The number of carbonyl (C=O) groups excluding carboxylic acids is 1. The Morgan fingerprint density at radius 1 is 0.841 bits per heavy atom. The lowest BCUT2D eigenvalue weighted by atomic mass is 9.89. The number of carbonyl (C=O) groups is 1. The maximum absolute atomic E-state index is 12.2. The molecule has 5 atom stereocenters. The standard InChI is InChI=1S/C39H63NO4/c1-2-3-4-5-6-7-8-9-10-11-12-13-16-22-31-40-39(44)26-21-15-14-20-25-35-36(38(43)32-37(35)42)30-29-34(41)28-27-33-23-18-17-19-24-33/h7-8,14,17-20,23-24,29-30,34-38,41-43H,2-6,9-13,15-16,21-22,25-28,31-32H2,1H3,(H,40,44)/b8-7+,20-14-,30-29+/t34-,35+,36+,37-,38+/m0/s1. The quantitative estimate of drug-likeness (QED) is 0.0662. The maximum Gasteiger partial charge on any atom is 0.220 e. The van der Waals surface area contributed by atoms with Gasteiger partial charge in [0.05, 0.1) is 18.3 Å². The van der Waals surface area contributed by atoms with Crippen LogP contribution in [0.15, 0.2) is 66.8 Å². The van der Waals surface area contributed by atoms with Crippen molar-refractivity contribution in [3.05, 3.63) is 72.4 Å². The van der Waals surface area contributed by atoms with Crippen LogP contribution in [0.1, 0.15) is 128 Å². The first-order valence-electron chi connectivity index (χ1n) is 17.8. The number of aliphatic hydroxyl groups excluding tert-OH is 3. The van der Waals surface area contributed by atoms with Crippen molar-refractivity contribution in [1.29, 1.82) is 0 Å². The van der Waals surface area contributed by atoms with Gasteiger partial charge in [-0.05, 0) is 75.7 Å². The summed E-state index contributed by atoms with van der Waals surface area (Å²) >= 11 is 0. The summed E-state index contributed by atoms with van der Waals surface area (Å²) in [6.45, 7) is 3.03. The van der Waals surface area contributed by atoms with Crippen LogP contribution < -0.4 is 5.32 Å². The van der Waals surface area contributed by atoms with E-state index < -0.39 is 18.3 Å². The molecule has 4 N–H and O–H groups in total. The molecule has 248 valence electrons. The summed E-state index contributed by atoms with van der Waals surface area (Å²) in [6.07, 6.45) is 30.6. The molecule has 1 fully saturated rings. The molecule has 1 aliphatic rings. The number of rotatable bonds is 25. The zero-order valence-corrected chi connectivity index (χ0v) is 27.6. The normalized spacial score (nSPS) is 21.2. The molecule has 44 heavy (non-hydrogen) atoms. The van der Waals surface area contributed by atoms with Crippen LogP contribution in [0.4, 0.5) is 0 Å². The molecule has 1 amide bonds. The number of aliphatic hydroxyl groups is 3. The fraction of sp³-hybridized carbons (Fsp3) is 0.667. The minimum Gasteiger partial charge on any atom is -0.393 e. The van der Waals surface area contributed by atoms with Gasteiger partial charge in [0.15, 0.2) is 0 Å². The molecule has 0 radical (unpaired) electrons. The summed E-state index contributed by atoms with van der Waals surface area (Å²) in [7, 11) is 0. The Morgan fingerprint density at radius 3 is 2.20 bits per heavy atom. The first-order valence-corrected chi connectivity index (χ1v) is 17.8. The minimum absolute atomic E-state index is 0.0657. The number of allylic oxidation sites excluding steroid dienone is 4. The predicted molar refractivity (Wildman–Crippen MR) is 184 cm³/mol. The number of unbranched alkanes of at least 4 members (excludes halogenated alkanes) is 11. The zero-order chi connectivity index (χ0) is 31.7. The lowest BCUT2D eigenvalue weighted by Crippen LogP contribution is -2.23.